The summed E-state index contributed by atoms with van der Waals surface area (Å²) in [6.45, 7) is 8.97. The molecule has 1 N–H and O–H groups in total. The van der Waals surface area contributed by atoms with Crippen molar-refractivity contribution >= 4 is 11.7 Å². The Balaban J connectivity index is 1.98. The van der Waals surface area contributed by atoms with Gasteiger partial charge in [-0.25, -0.2) is 0 Å². The number of hydrogen-bond acceptors (Lipinski definition) is 4. The molecular formula is C16H26N4O. The number of carbonyl (C=O) groups is 1. The summed E-state index contributed by atoms with van der Waals surface area (Å²) in [5, 5.41) is 11.2. The highest BCUT2D eigenvalue weighted by Crippen LogP contribution is 2.38. The minimum Gasteiger partial charge on any atom is -0.369 e. The van der Waals surface area contributed by atoms with Crippen LogP contribution in [-0.4, -0.2) is 40.6 Å². The summed E-state index contributed by atoms with van der Waals surface area (Å²) in [7, 11) is 0. The van der Waals surface area contributed by atoms with Crippen LogP contribution in [-0.2, 0) is 0 Å². The van der Waals surface area contributed by atoms with Crippen molar-refractivity contribution in [2.75, 3.05) is 25.0 Å². The first-order chi connectivity index (χ1) is 10.1. The molecule has 5 heteroatoms. The van der Waals surface area contributed by atoms with E-state index in [1.807, 2.05) is 17.9 Å². The van der Waals surface area contributed by atoms with Gasteiger partial charge in [-0.15, -0.1) is 10.2 Å². The van der Waals surface area contributed by atoms with Gasteiger partial charge in [0, 0.05) is 19.6 Å². The third-order valence-corrected chi connectivity index (χ3v) is 4.85. The molecule has 0 radical (unpaired) electrons. The van der Waals surface area contributed by atoms with Crippen LogP contribution in [0.5, 0.6) is 0 Å². The van der Waals surface area contributed by atoms with Gasteiger partial charge in [-0.2, -0.15) is 0 Å². The molecule has 1 aromatic rings. The van der Waals surface area contributed by atoms with Gasteiger partial charge >= 0.3 is 0 Å². The highest BCUT2D eigenvalue weighted by Gasteiger charge is 2.33. The maximum atomic E-state index is 12.5. The average Bonchev–Trinajstić information content (AvgIpc) is 2.55. The number of carbonyl (C=O) groups excluding carboxylic acids is 1. The van der Waals surface area contributed by atoms with Crippen molar-refractivity contribution in [1.82, 2.24) is 15.1 Å². The Hall–Kier alpha value is -1.65. The van der Waals surface area contributed by atoms with Crippen molar-refractivity contribution in [3.63, 3.8) is 0 Å². The quantitative estimate of drug-likeness (QED) is 0.906. The van der Waals surface area contributed by atoms with Crippen LogP contribution >= 0.6 is 0 Å². The van der Waals surface area contributed by atoms with Gasteiger partial charge in [0.25, 0.3) is 5.91 Å². The molecule has 0 saturated carbocycles. The number of piperidine rings is 1. The topological polar surface area (TPSA) is 58.1 Å². The molecule has 1 aromatic heterocycles. The SMILES string of the molecule is CCNc1ccc(C(=O)N2CCC(CC)(CC)CC2)nn1. The van der Waals surface area contributed by atoms with E-state index in [4.69, 9.17) is 0 Å². The lowest BCUT2D eigenvalue weighted by atomic mass is 9.74. The van der Waals surface area contributed by atoms with Gasteiger partial charge in [-0.3, -0.25) is 4.79 Å². The average molecular weight is 290 g/mol. The van der Waals surface area contributed by atoms with E-state index in [2.05, 4.69) is 29.4 Å². The first-order valence-corrected chi connectivity index (χ1v) is 8.01. The molecule has 0 aliphatic carbocycles. The van der Waals surface area contributed by atoms with Crippen molar-refractivity contribution in [3.8, 4) is 0 Å². The number of likely N-dealkylation sites (tertiary alicyclic amines) is 1. The maximum absolute atomic E-state index is 12.5. The van der Waals surface area contributed by atoms with Crippen LogP contribution in [0.2, 0.25) is 0 Å². The summed E-state index contributed by atoms with van der Waals surface area (Å²) >= 11 is 0. The smallest absolute Gasteiger partial charge is 0.274 e. The zero-order valence-corrected chi connectivity index (χ0v) is 13.4. The molecule has 0 aromatic carbocycles. The van der Waals surface area contributed by atoms with Crippen molar-refractivity contribution in [2.24, 2.45) is 5.41 Å². The van der Waals surface area contributed by atoms with Crippen molar-refractivity contribution in [1.29, 1.82) is 0 Å². The molecule has 2 rings (SSSR count). The Morgan fingerprint density at radius 1 is 1.19 bits per heavy atom. The first-order valence-electron chi connectivity index (χ1n) is 8.01. The van der Waals surface area contributed by atoms with Crippen LogP contribution in [0.4, 0.5) is 5.82 Å². The van der Waals surface area contributed by atoms with Crippen LogP contribution in [0.25, 0.3) is 0 Å². The Bertz CT molecular complexity index is 458. The van der Waals surface area contributed by atoms with Crippen molar-refractivity contribution in [3.05, 3.63) is 17.8 Å². The summed E-state index contributed by atoms with van der Waals surface area (Å²) in [5.41, 5.74) is 0.870. The van der Waals surface area contributed by atoms with Crippen LogP contribution in [0.15, 0.2) is 12.1 Å². The molecule has 21 heavy (non-hydrogen) atoms. The predicted octanol–water partition coefficient (Wildman–Crippen LogP) is 2.95. The Morgan fingerprint density at radius 2 is 1.86 bits per heavy atom. The van der Waals surface area contributed by atoms with E-state index in [0.717, 1.165) is 32.5 Å². The second-order valence-corrected chi connectivity index (χ2v) is 5.83. The standard InChI is InChI=1S/C16H26N4O/c1-4-16(5-2)9-11-20(12-10-16)15(21)13-7-8-14(17-6-3)19-18-13/h7-8H,4-6,9-12H2,1-3H3,(H,17,19). The fraction of sp³-hybridized carbons (Fsp3) is 0.688. The number of aromatic nitrogens is 2. The van der Waals surface area contributed by atoms with Crippen LogP contribution in [0.3, 0.4) is 0 Å². The summed E-state index contributed by atoms with van der Waals surface area (Å²) in [5.74, 6) is 0.718. The van der Waals surface area contributed by atoms with E-state index in [1.54, 1.807) is 6.07 Å². The minimum absolute atomic E-state index is 0.00588. The van der Waals surface area contributed by atoms with Gasteiger partial charge in [0.15, 0.2) is 5.69 Å². The molecule has 1 fully saturated rings. The zero-order chi connectivity index (χ0) is 15.3. The van der Waals surface area contributed by atoms with Gasteiger partial charge in [0.1, 0.15) is 5.82 Å². The molecular weight excluding hydrogens is 264 g/mol. The summed E-state index contributed by atoms with van der Waals surface area (Å²) < 4.78 is 0. The largest absolute Gasteiger partial charge is 0.369 e. The minimum atomic E-state index is 0.00588. The lowest BCUT2D eigenvalue weighted by Crippen LogP contribution is -2.43. The van der Waals surface area contributed by atoms with E-state index < -0.39 is 0 Å². The fourth-order valence-electron chi connectivity index (χ4n) is 3.02. The van der Waals surface area contributed by atoms with E-state index in [0.29, 0.717) is 16.9 Å². The number of nitrogens with zero attached hydrogens (tertiary/aromatic N) is 3. The highest BCUT2D eigenvalue weighted by atomic mass is 16.2. The highest BCUT2D eigenvalue weighted by molar-refractivity contribution is 5.92. The zero-order valence-electron chi connectivity index (χ0n) is 13.4. The van der Waals surface area contributed by atoms with Gasteiger partial charge in [-0.05, 0) is 37.3 Å². The van der Waals surface area contributed by atoms with E-state index >= 15 is 0 Å². The number of amides is 1. The van der Waals surface area contributed by atoms with Crippen LogP contribution in [0, 0.1) is 5.41 Å². The molecule has 1 aliphatic heterocycles. The van der Waals surface area contributed by atoms with E-state index in [-0.39, 0.29) is 5.91 Å². The normalized spacial score (nSPS) is 17.6. The number of anilines is 1. The maximum Gasteiger partial charge on any atom is 0.274 e. The Morgan fingerprint density at radius 3 is 2.33 bits per heavy atom. The Kier molecular flexibility index (Phi) is 5.15. The summed E-state index contributed by atoms with van der Waals surface area (Å²) in [6, 6.07) is 3.57. The van der Waals surface area contributed by atoms with Crippen molar-refractivity contribution in [2.45, 2.75) is 46.5 Å². The molecule has 0 atom stereocenters. The van der Waals surface area contributed by atoms with Gasteiger partial charge in [0.2, 0.25) is 0 Å². The third kappa shape index (κ3) is 3.52. The number of hydrogen-bond donors (Lipinski definition) is 1. The first kappa shape index (κ1) is 15.7. The number of nitrogens with one attached hydrogen (secondary N) is 1. The molecule has 1 saturated heterocycles. The van der Waals surface area contributed by atoms with Crippen molar-refractivity contribution < 1.29 is 4.79 Å². The van der Waals surface area contributed by atoms with Crippen LogP contribution < -0.4 is 5.32 Å². The molecule has 1 amide bonds. The third-order valence-electron chi connectivity index (χ3n) is 4.85. The molecule has 5 nitrogen and oxygen atoms in total. The second-order valence-electron chi connectivity index (χ2n) is 5.83. The molecule has 1 aliphatic rings. The lowest BCUT2D eigenvalue weighted by Gasteiger charge is -2.40. The monoisotopic (exact) mass is 290 g/mol. The van der Waals surface area contributed by atoms with Crippen LogP contribution in [0.1, 0.15) is 56.9 Å². The molecule has 0 unspecified atom stereocenters. The van der Waals surface area contributed by atoms with Gasteiger partial charge in [0.05, 0.1) is 0 Å². The second kappa shape index (κ2) is 6.87. The van der Waals surface area contributed by atoms with E-state index in [1.165, 1.54) is 12.8 Å². The predicted molar refractivity (Wildman–Crippen MR) is 84.3 cm³/mol. The summed E-state index contributed by atoms with van der Waals surface area (Å²) in [6.07, 6.45) is 4.58. The molecule has 0 bridgehead atoms. The lowest BCUT2D eigenvalue weighted by molar-refractivity contribution is 0.0551. The van der Waals surface area contributed by atoms with E-state index in [9.17, 15) is 4.79 Å². The summed E-state index contributed by atoms with van der Waals surface area (Å²) in [4.78, 5) is 14.4. The molecule has 2 heterocycles. The van der Waals surface area contributed by atoms with Gasteiger partial charge in [-0.1, -0.05) is 26.7 Å². The molecule has 0 spiro atoms. The van der Waals surface area contributed by atoms with Gasteiger partial charge < -0.3 is 10.2 Å². The fourth-order valence-corrected chi connectivity index (χ4v) is 3.02. The number of rotatable bonds is 5. The Labute approximate surface area is 127 Å². The molecule has 116 valence electrons.